The summed E-state index contributed by atoms with van der Waals surface area (Å²) in [6, 6.07) is -0.00626. The zero-order chi connectivity index (χ0) is 10.7. The van der Waals surface area contributed by atoms with E-state index < -0.39 is 0 Å². The van der Waals surface area contributed by atoms with E-state index in [9.17, 15) is 4.79 Å². The van der Waals surface area contributed by atoms with Gasteiger partial charge in [0, 0.05) is 12.0 Å². The smallest absolute Gasteiger partial charge is 0.237 e. The third-order valence-electron chi connectivity index (χ3n) is 3.56. The molecule has 1 amide bonds. The number of carbonyl (C=O) groups excluding carboxylic acids is 1. The Labute approximate surface area is 90.4 Å². The van der Waals surface area contributed by atoms with E-state index in [-0.39, 0.29) is 24.0 Å². The average molecular weight is 212 g/mol. The number of aliphatic hydroxyl groups is 1. The molecule has 0 radical (unpaired) electrons. The van der Waals surface area contributed by atoms with Gasteiger partial charge in [0.15, 0.2) is 0 Å². The molecule has 1 saturated carbocycles. The lowest BCUT2D eigenvalue weighted by atomic mass is 10.0. The van der Waals surface area contributed by atoms with E-state index in [1.54, 1.807) is 0 Å². The predicted molar refractivity (Wildman–Crippen MR) is 57.4 cm³/mol. The van der Waals surface area contributed by atoms with E-state index in [0.717, 1.165) is 32.2 Å². The number of carbonyl (C=O) groups is 1. The minimum absolute atomic E-state index is 0.00626. The molecule has 1 atom stereocenters. The van der Waals surface area contributed by atoms with Crippen molar-refractivity contribution < 1.29 is 9.90 Å². The molecule has 0 aromatic carbocycles. The zero-order valence-corrected chi connectivity index (χ0v) is 9.09. The molecule has 1 heterocycles. The van der Waals surface area contributed by atoms with Crippen LogP contribution in [0.15, 0.2) is 0 Å². The fraction of sp³-hybridized carbons (Fsp3) is 0.909. The Morgan fingerprint density at radius 1 is 1.47 bits per heavy atom. The Bertz CT molecular complexity index is 233. The molecule has 0 spiro atoms. The van der Waals surface area contributed by atoms with Crippen LogP contribution in [-0.4, -0.2) is 36.8 Å². The maximum absolute atomic E-state index is 11.7. The first-order valence-electron chi connectivity index (χ1n) is 5.88. The van der Waals surface area contributed by atoms with Crippen molar-refractivity contribution in [2.45, 2.75) is 38.1 Å². The quantitative estimate of drug-likeness (QED) is 0.615. The van der Waals surface area contributed by atoms with Crippen LogP contribution >= 0.6 is 0 Å². The molecule has 1 aliphatic carbocycles. The Morgan fingerprint density at radius 2 is 2.27 bits per heavy atom. The number of nitrogens with one attached hydrogen (secondary N) is 2. The van der Waals surface area contributed by atoms with Crippen molar-refractivity contribution in [3.8, 4) is 0 Å². The van der Waals surface area contributed by atoms with Gasteiger partial charge in [0.1, 0.15) is 0 Å². The maximum Gasteiger partial charge on any atom is 0.237 e. The fourth-order valence-corrected chi connectivity index (χ4v) is 2.04. The number of amides is 1. The van der Waals surface area contributed by atoms with Gasteiger partial charge >= 0.3 is 0 Å². The van der Waals surface area contributed by atoms with Crippen LogP contribution in [0.1, 0.15) is 32.1 Å². The van der Waals surface area contributed by atoms with Crippen LogP contribution in [0.5, 0.6) is 0 Å². The lowest BCUT2D eigenvalue weighted by Crippen LogP contribution is -2.48. The average Bonchev–Trinajstić information content (AvgIpc) is 3.08. The first-order valence-corrected chi connectivity index (χ1v) is 5.88. The molecule has 1 aliphatic heterocycles. The Morgan fingerprint density at radius 3 is 2.80 bits per heavy atom. The highest BCUT2D eigenvalue weighted by Crippen LogP contribution is 2.44. The van der Waals surface area contributed by atoms with Crippen molar-refractivity contribution in [3.05, 3.63) is 0 Å². The summed E-state index contributed by atoms with van der Waals surface area (Å²) in [5.41, 5.74) is 0.0182. The van der Waals surface area contributed by atoms with E-state index in [1.807, 2.05) is 0 Å². The van der Waals surface area contributed by atoms with Crippen LogP contribution in [0, 0.1) is 5.41 Å². The summed E-state index contributed by atoms with van der Waals surface area (Å²) in [5.74, 6) is 0.106. The first kappa shape index (κ1) is 10.9. The summed E-state index contributed by atoms with van der Waals surface area (Å²) in [6.07, 6.45) is 5.34. The van der Waals surface area contributed by atoms with Gasteiger partial charge in [0.05, 0.1) is 12.6 Å². The minimum atomic E-state index is -0.00626. The molecular formula is C11H20N2O2. The molecule has 1 saturated heterocycles. The van der Waals surface area contributed by atoms with Crippen molar-refractivity contribution >= 4 is 5.91 Å². The van der Waals surface area contributed by atoms with E-state index in [2.05, 4.69) is 10.6 Å². The van der Waals surface area contributed by atoms with Crippen LogP contribution in [0.3, 0.4) is 0 Å². The molecule has 0 unspecified atom stereocenters. The Balaban J connectivity index is 1.72. The van der Waals surface area contributed by atoms with Gasteiger partial charge in [-0.15, -0.1) is 0 Å². The number of rotatable bonds is 4. The monoisotopic (exact) mass is 212 g/mol. The van der Waals surface area contributed by atoms with Gasteiger partial charge < -0.3 is 15.7 Å². The van der Waals surface area contributed by atoms with Crippen LogP contribution in [0.2, 0.25) is 0 Å². The van der Waals surface area contributed by atoms with Gasteiger partial charge in [-0.2, -0.15) is 0 Å². The van der Waals surface area contributed by atoms with Crippen molar-refractivity contribution in [2.75, 3.05) is 19.7 Å². The fourth-order valence-electron chi connectivity index (χ4n) is 2.04. The molecule has 2 rings (SSSR count). The molecule has 4 nitrogen and oxygen atoms in total. The second-order valence-electron chi connectivity index (χ2n) is 4.88. The predicted octanol–water partition coefficient (Wildman–Crippen LogP) is 0.0172. The summed E-state index contributed by atoms with van der Waals surface area (Å²) in [7, 11) is 0. The summed E-state index contributed by atoms with van der Waals surface area (Å²) >= 11 is 0. The van der Waals surface area contributed by atoms with Crippen molar-refractivity contribution in [1.82, 2.24) is 10.6 Å². The first-order chi connectivity index (χ1) is 7.26. The molecule has 3 N–H and O–H groups in total. The molecule has 86 valence electrons. The second kappa shape index (κ2) is 4.49. The maximum atomic E-state index is 11.7. The highest BCUT2D eigenvalue weighted by Gasteiger charge is 2.42. The van der Waals surface area contributed by atoms with Gasteiger partial charge in [0.2, 0.25) is 5.91 Å². The number of hydrogen-bond donors (Lipinski definition) is 3. The van der Waals surface area contributed by atoms with Gasteiger partial charge in [0.25, 0.3) is 0 Å². The number of aliphatic hydroxyl groups excluding tert-OH is 1. The largest absolute Gasteiger partial charge is 0.396 e. The molecule has 0 aromatic heterocycles. The normalized spacial score (nSPS) is 28.5. The zero-order valence-electron chi connectivity index (χ0n) is 9.09. The molecule has 2 aliphatic rings. The Kier molecular flexibility index (Phi) is 3.26. The van der Waals surface area contributed by atoms with Gasteiger partial charge in [-0.1, -0.05) is 6.42 Å². The third-order valence-corrected chi connectivity index (χ3v) is 3.56. The SMILES string of the molecule is O=C(NCC1(CO)CC1)[C@H]1CCCCN1. The van der Waals surface area contributed by atoms with Crippen molar-refractivity contribution in [2.24, 2.45) is 5.41 Å². The lowest BCUT2D eigenvalue weighted by Gasteiger charge is -2.23. The molecule has 0 aromatic rings. The van der Waals surface area contributed by atoms with Gasteiger partial charge in [-0.25, -0.2) is 0 Å². The van der Waals surface area contributed by atoms with Crippen LogP contribution < -0.4 is 10.6 Å². The van der Waals surface area contributed by atoms with E-state index >= 15 is 0 Å². The lowest BCUT2D eigenvalue weighted by molar-refractivity contribution is -0.124. The van der Waals surface area contributed by atoms with Crippen LogP contribution in [0.25, 0.3) is 0 Å². The minimum Gasteiger partial charge on any atom is -0.396 e. The molecule has 15 heavy (non-hydrogen) atoms. The molecule has 0 bridgehead atoms. The molecule has 4 heteroatoms. The van der Waals surface area contributed by atoms with Crippen molar-refractivity contribution in [1.29, 1.82) is 0 Å². The summed E-state index contributed by atoms with van der Waals surface area (Å²) in [6.45, 7) is 1.79. The highest BCUT2D eigenvalue weighted by molar-refractivity contribution is 5.81. The summed E-state index contributed by atoms with van der Waals surface area (Å²) < 4.78 is 0. The molecular weight excluding hydrogens is 192 g/mol. The number of piperidine rings is 1. The standard InChI is InChI=1S/C11H20N2O2/c14-8-11(4-5-11)7-13-10(15)9-3-1-2-6-12-9/h9,12,14H,1-8H2,(H,13,15)/t9-/m1/s1. The summed E-state index contributed by atoms with van der Waals surface area (Å²) in [5, 5.41) is 15.3. The van der Waals surface area contributed by atoms with E-state index in [4.69, 9.17) is 5.11 Å². The second-order valence-corrected chi connectivity index (χ2v) is 4.88. The van der Waals surface area contributed by atoms with Crippen LogP contribution in [-0.2, 0) is 4.79 Å². The number of hydrogen-bond acceptors (Lipinski definition) is 3. The highest BCUT2D eigenvalue weighted by atomic mass is 16.3. The summed E-state index contributed by atoms with van der Waals surface area (Å²) in [4.78, 5) is 11.7. The third kappa shape index (κ3) is 2.69. The van der Waals surface area contributed by atoms with E-state index in [0.29, 0.717) is 6.54 Å². The Hall–Kier alpha value is -0.610. The van der Waals surface area contributed by atoms with Gasteiger partial charge in [-0.3, -0.25) is 4.79 Å². The van der Waals surface area contributed by atoms with Gasteiger partial charge in [-0.05, 0) is 32.2 Å². The van der Waals surface area contributed by atoms with E-state index in [1.165, 1.54) is 6.42 Å². The van der Waals surface area contributed by atoms with Crippen LogP contribution in [0.4, 0.5) is 0 Å². The van der Waals surface area contributed by atoms with Crippen molar-refractivity contribution in [3.63, 3.8) is 0 Å². The topological polar surface area (TPSA) is 61.4 Å². The molecule has 2 fully saturated rings.